The first kappa shape index (κ1) is 25.2. The van der Waals surface area contributed by atoms with E-state index in [1.54, 1.807) is 6.92 Å². The van der Waals surface area contributed by atoms with Crippen LogP contribution in [-0.4, -0.2) is 62.5 Å². The summed E-state index contributed by atoms with van der Waals surface area (Å²) >= 11 is 0. The Kier molecular flexibility index (Phi) is 8.76. The van der Waals surface area contributed by atoms with Gasteiger partial charge >= 0.3 is 12.2 Å². The topological polar surface area (TPSA) is 178 Å². The molecule has 35 heavy (non-hydrogen) atoms. The number of amides is 1. The molecule has 3 aromatic rings. The predicted molar refractivity (Wildman–Crippen MR) is 118 cm³/mol. The maximum atomic E-state index is 12.2. The average molecular weight is 485 g/mol. The number of benzene rings is 1. The Bertz CT molecular complexity index is 1180. The van der Waals surface area contributed by atoms with E-state index < -0.39 is 37.2 Å². The number of aromatic nitrogens is 3. The molecule has 0 aliphatic rings. The molecule has 0 radical (unpaired) electrons. The molecule has 1 aromatic carbocycles. The third-order valence-electron chi connectivity index (χ3n) is 4.75. The minimum atomic E-state index is -1.69. The van der Waals surface area contributed by atoms with Crippen molar-refractivity contribution in [2.45, 2.75) is 31.8 Å². The van der Waals surface area contributed by atoms with E-state index in [0.717, 1.165) is 11.9 Å². The number of rotatable bonds is 10. The van der Waals surface area contributed by atoms with E-state index in [0.29, 0.717) is 5.52 Å². The Hall–Kier alpha value is -4.41. The van der Waals surface area contributed by atoms with Gasteiger partial charge in [0.15, 0.2) is 11.9 Å². The lowest BCUT2D eigenvalue weighted by atomic mass is 10.1. The number of nitrogens with one attached hydrogen (secondary N) is 1. The highest BCUT2D eigenvalue weighted by atomic mass is 16.7. The quantitative estimate of drug-likeness (QED) is 0.282. The molecule has 0 saturated carbocycles. The van der Waals surface area contributed by atoms with Crippen LogP contribution in [0.15, 0.2) is 48.8 Å². The van der Waals surface area contributed by atoms with E-state index in [1.165, 1.54) is 22.9 Å². The molecule has 0 bridgehead atoms. The zero-order valence-electron chi connectivity index (χ0n) is 18.6. The molecule has 0 aliphatic heterocycles. The minimum absolute atomic E-state index is 0.0549. The van der Waals surface area contributed by atoms with E-state index in [1.807, 2.05) is 30.3 Å². The standard InChI is InChI=1S/C22H23N5O8/c1-2-32-22(31)34-11-17(35-12-23)19(29)18(28)15-8-9-16-20(24-13-25-27(15)16)26-21(30)33-10-14-6-4-3-5-7-14/h3-9,13,17-19,28-29H,2,10-11H2,1H3,(H,24,25,26,30)/t17-,18+,19-/m1/s1. The van der Waals surface area contributed by atoms with Gasteiger partial charge in [-0.25, -0.2) is 19.1 Å². The van der Waals surface area contributed by atoms with Crippen LogP contribution in [0.5, 0.6) is 0 Å². The summed E-state index contributed by atoms with van der Waals surface area (Å²) in [5.74, 6) is 0.0986. The number of hydrogen-bond acceptors (Lipinski definition) is 11. The molecule has 0 spiro atoms. The first-order chi connectivity index (χ1) is 16.9. The SMILES string of the molecule is CCOC(=O)OC[C@@H](OC#N)[C@@H](O)[C@@H](O)c1ccc2c(NC(=O)OCc3ccccc3)ncnn12. The number of carbonyl (C=O) groups excluding carboxylic acids is 2. The average Bonchev–Trinajstić information content (AvgIpc) is 3.30. The largest absolute Gasteiger partial charge is 0.508 e. The van der Waals surface area contributed by atoms with Crippen LogP contribution in [0.2, 0.25) is 0 Å². The summed E-state index contributed by atoms with van der Waals surface area (Å²) in [6, 6.07) is 12.1. The molecule has 0 unspecified atom stereocenters. The second-order valence-electron chi connectivity index (χ2n) is 7.03. The molecule has 13 nitrogen and oxygen atoms in total. The van der Waals surface area contributed by atoms with Gasteiger partial charge < -0.3 is 29.2 Å². The fourth-order valence-electron chi connectivity index (χ4n) is 3.09. The van der Waals surface area contributed by atoms with Crippen LogP contribution in [0.1, 0.15) is 24.3 Å². The van der Waals surface area contributed by atoms with Crippen molar-refractivity contribution in [1.82, 2.24) is 14.6 Å². The number of fused-ring (bicyclic) bond motifs is 1. The second-order valence-corrected chi connectivity index (χ2v) is 7.03. The number of nitriles is 1. The van der Waals surface area contributed by atoms with Crippen molar-refractivity contribution in [2.75, 3.05) is 18.5 Å². The summed E-state index contributed by atoms with van der Waals surface area (Å²) in [5, 5.41) is 36.7. The van der Waals surface area contributed by atoms with Crippen LogP contribution < -0.4 is 5.32 Å². The van der Waals surface area contributed by atoms with Crippen molar-refractivity contribution in [1.29, 1.82) is 5.26 Å². The molecule has 0 aliphatic carbocycles. The molecule has 0 saturated heterocycles. The van der Waals surface area contributed by atoms with Crippen LogP contribution >= 0.6 is 0 Å². The van der Waals surface area contributed by atoms with Crippen molar-refractivity contribution < 1.29 is 38.7 Å². The molecule has 3 rings (SSSR count). The van der Waals surface area contributed by atoms with Gasteiger partial charge in [-0.1, -0.05) is 30.3 Å². The smallest absolute Gasteiger partial charge is 0.444 e. The van der Waals surface area contributed by atoms with Gasteiger partial charge in [-0.15, -0.1) is 0 Å². The zero-order valence-corrected chi connectivity index (χ0v) is 18.6. The molecular weight excluding hydrogens is 462 g/mol. The lowest BCUT2D eigenvalue weighted by molar-refractivity contribution is -0.0863. The molecule has 2 heterocycles. The fraction of sp³-hybridized carbons (Fsp3) is 0.318. The molecule has 3 atom stereocenters. The number of aliphatic hydroxyl groups excluding tert-OH is 2. The third kappa shape index (κ3) is 6.56. The summed E-state index contributed by atoms with van der Waals surface area (Å²) in [6.07, 6.45) is -3.93. The fourth-order valence-corrected chi connectivity index (χ4v) is 3.09. The van der Waals surface area contributed by atoms with E-state index in [-0.39, 0.29) is 24.7 Å². The van der Waals surface area contributed by atoms with Gasteiger partial charge in [0.1, 0.15) is 37.3 Å². The normalized spacial score (nSPS) is 13.2. The molecule has 184 valence electrons. The summed E-state index contributed by atoms with van der Waals surface area (Å²) < 4.78 is 20.6. The van der Waals surface area contributed by atoms with Crippen molar-refractivity contribution in [2.24, 2.45) is 0 Å². The van der Waals surface area contributed by atoms with Gasteiger partial charge in [-0.2, -0.15) is 10.4 Å². The summed E-state index contributed by atoms with van der Waals surface area (Å²) in [6.45, 7) is 1.15. The second kappa shape index (κ2) is 12.2. The van der Waals surface area contributed by atoms with Crippen molar-refractivity contribution in [3.8, 4) is 6.26 Å². The van der Waals surface area contributed by atoms with Gasteiger partial charge in [-0.3, -0.25) is 5.32 Å². The van der Waals surface area contributed by atoms with Crippen LogP contribution in [0, 0.1) is 11.5 Å². The van der Waals surface area contributed by atoms with Gasteiger partial charge in [0.05, 0.1) is 12.3 Å². The first-order valence-electron chi connectivity index (χ1n) is 10.4. The highest BCUT2D eigenvalue weighted by Gasteiger charge is 2.33. The Balaban J connectivity index is 1.71. The van der Waals surface area contributed by atoms with Gasteiger partial charge in [0.25, 0.3) is 6.26 Å². The lowest BCUT2D eigenvalue weighted by Crippen LogP contribution is -2.38. The predicted octanol–water partition coefficient (Wildman–Crippen LogP) is 1.91. The molecular formula is C22H23N5O8. The van der Waals surface area contributed by atoms with Crippen LogP contribution in [0.3, 0.4) is 0 Å². The Labute approximate surface area is 199 Å². The number of anilines is 1. The third-order valence-corrected chi connectivity index (χ3v) is 4.75. The number of ether oxygens (including phenoxy) is 4. The molecule has 3 N–H and O–H groups in total. The number of aliphatic hydroxyl groups is 2. The van der Waals surface area contributed by atoms with E-state index >= 15 is 0 Å². The van der Waals surface area contributed by atoms with Gasteiger partial charge in [0.2, 0.25) is 0 Å². The number of nitrogens with zero attached hydrogens (tertiary/aromatic N) is 4. The maximum Gasteiger partial charge on any atom is 0.508 e. The van der Waals surface area contributed by atoms with E-state index in [2.05, 4.69) is 20.1 Å². The summed E-state index contributed by atoms with van der Waals surface area (Å²) in [5.41, 5.74) is 1.20. The van der Waals surface area contributed by atoms with Gasteiger partial charge in [0, 0.05) is 0 Å². The van der Waals surface area contributed by atoms with Gasteiger partial charge in [-0.05, 0) is 24.6 Å². The Morgan fingerprint density at radius 3 is 2.63 bits per heavy atom. The maximum absolute atomic E-state index is 12.2. The number of carbonyl (C=O) groups is 2. The highest BCUT2D eigenvalue weighted by molar-refractivity contribution is 5.88. The molecule has 2 aromatic heterocycles. The summed E-state index contributed by atoms with van der Waals surface area (Å²) in [4.78, 5) is 27.7. The summed E-state index contributed by atoms with van der Waals surface area (Å²) in [7, 11) is 0. The molecule has 13 heteroatoms. The van der Waals surface area contributed by atoms with Crippen LogP contribution in [-0.2, 0) is 25.6 Å². The minimum Gasteiger partial charge on any atom is -0.444 e. The van der Waals surface area contributed by atoms with Crippen LogP contribution in [0.4, 0.5) is 15.4 Å². The number of hydrogen-bond donors (Lipinski definition) is 3. The van der Waals surface area contributed by atoms with E-state index in [4.69, 9.17) is 19.5 Å². The molecule has 1 amide bonds. The first-order valence-corrected chi connectivity index (χ1v) is 10.4. The Morgan fingerprint density at radius 2 is 1.91 bits per heavy atom. The van der Waals surface area contributed by atoms with Crippen molar-refractivity contribution in [3.05, 3.63) is 60.0 Å². The highest BCUT2D eigenvalue weighted by Crippen LogP contribution is 2.25. The Morgan fingerprint density at radius 1 is 1.14 bits per heavy atom. The monoisotopic (exact) mass is 485 g/mol. The van der Waals surface area contributed by atoms with Crippen molar-refractivity contribution in [3.63, 3.8) is 0 Å². The van der Waals surface area contributed by atoms with Crippen LogP contribution in [0.25, 0.3) is 5.52 Å². The zero-order chi connectivity index (χ0) is 25.2. The van der Waals surface area contributed by atoms with Crippen molar-refractivity contribution >= 4 is 23.6 Å². The lowest BCUT2D eigenvalue weighted by Gasteiger charge is -2.24. The van der Waals surface area contributed by atoms with E-state index in [9.17, 15) is 19.8 Å². The molecule has 0 fully saturated rings.